The van der Waals surface area contributed by atoms with E-state index in [2.05, 4.69) is 28.6 Å². The smallest absolute Gasteiger partial charge is 0.0862 e. The third-order valence-electron chi connectivity index (χ3n) is 1.87. The van der Waals surface area contributed by atoms with Gasteiger partial charge < -0.3 is 0 Å². The molecule has 0 fully saturated rings. The second-order valence-electron chi connectivity index (χ2n) is 2.91. The molecule has 0 saturated heterocycles. The monoisotopic (exact) mass is 211 g/mol. The van der Waals surface area contributed by atoms with Gasteiger partial charge in [-0.25, -0.2) is 4.31 Å². The molecule has 0 unspecified atom stereocenters. The van der Waals surface area contributed by atoms with E-state index in [1.54, 1.807) is 11.9 Å². The van der Waals surface area contributed by atoms with Crippen molar-refractivity contribution in [3.05, 3.63) is 46.3 Å². The summed E-state index contributed by atoms with van der Waals surface area (Å²) >= 11 is 7.48. The minimum Gasteiger partial charge on any atom is -0.237 e. The number of benzene rings is 1. The Hall–Kier alpha value is -0.440. The number of hydrogen-bond donors (Lipinski definition) is 0. The van der Waals surface area contributed by atoms with Crippen LogP contribution in [0.1, 0.15) is 5.56 Å². The van der Waals surface area contributed by atoms with Crippen molar-refractivity contribution >= 4 is 23.5 Å². The Morgan fingerprint density at radius 2 is 2.08 bits per heavy atom. The van der Waals surface area contributed by atoms with Crippen molar-refractivity contribution in [2.45, 2.75) is 6.54 Å². The van der Waals surface area contributed by atoms with Crippen LogP contribution in [0, 0.1) is 0 Å². The summed E-state index contributed by atoms with van der Waals surface area (Å²) in [6.07, 6.45) is 2.04. The molecule has 0 saturated carbocycles. The standard InChI is InChI=1S/C10H10ClNS/c11-10-6-7-12(13-10)8-9-4-2-1-3-5-9/h1-6H,7-8H2. The fourth-order valence-electron chi connectivity index (χ4n) is 1.26. The van der Waals surface area contributed by atoms with Crippen LogP contribution in [0.5, 0.6) is 0 Å². The van der Waals surface area contributed by atoms with Crippen LogP contribution in [0.2, 0.25) is 0 Å². The predicted octanol–water partition coefficient (Wildman–Crippen LogP) is 3.23. The third-order valence-corrected chi connectivity index (χ3v) is 3.11. The van der Waals surface area contributed by atoms with Gasteiger partial charge in [-0.1, -0.05) is 41.9 Å². The van der Waals surface area contributed by atoms with E-state index in [0.29, 0.717) is 0 Å². The molecule has 2 rings (SSSR count). The van der Waals surface area contributed by atoms with Gasteiger partial charge >= 0.3 is 0 Å². The van der Waals surface area contributed by atoms with E-state index in [1.165, 1.54) is 5.56 Å². The highest BCUT2D eigenvalue weighted by Gasteiger charge is 2.13. The molecule has 0 spiro atoms. The van der Waals surface area contributed by atoms with Crippen molar-refractivity contribution in [3.63, 3.8) is 0 Å². The van der Waals surface area contributed by atoms with E-state index in [1.807, 2.05) is 12.1 Å². The van der Waals surface area contributed by atoms with Gasteiger partial charge in [0.2, 0.25) is 0 Å². The molecule has 0 amide bonds. The molecular formula is C10H10ClNS. The van der Waals surface area contributed by atoms with E-state index in [4.69, 9.17) is 11.6 Å². The summed E-state index contributed by atoms with van der Waals surface area (Å²) in [6, 6.07) is 10.4. The van der Waals surface area contributed by atoms with Crippen molar-refractivity contribution in [2.24, 2.45) is 0 Å². The average molecular weight is 212 g/mol. The second-order valence-corrected chi connectivity index (χ2v) is 4.68. The van der Waals surface area contributed by atoms with Gasteiger partial charge in [-0.3, -0.25) is 0 Å². The fraction of sp³-hybridized carbons (Fsp3) is 0.200. The first-order valence-corrected chi connectivity index (χ1v) is 5.32. The molecule has 13 heavy (non-hydrogen) atoms. The maximum absolute atomic E-state index is 5.86. The summed E-state index contributed by atoms with van der Waals surface area (Å²) in [5.74, 6) is 0. The van der Waals surface area contributed by atoms with Gasteiger partial charge in [0.25, 0.3) is 0 Å². The lowest BCUT2D eigenvalue weighted by molar-refractivity contribution is 0.527. The van der Waals surface area contributed by atoms with E-state index < -0.39 is 0 Å². The summed E-state index contributed by atoms with van der Waals surface area (Å²) < 4.78 is 3.12. The molecule has 0 atom stereocenters. The van der Waals surface area contributed by atoms with Crippen molar-refractivity contribution in [3.8, 4) is 0 Å². The third kappa shape index (κ3) is 2.50. The molecular weight excluding hydrogens is 202 g/mol. The molecule has 0 radical (unpaired) electrons. The Morgan fingerprint density at radius 3 is 2.69 bits per heavy atom. The van der Waals surface area contributed by atoms with E-state index >= 15 is 0 Å². The van der Waals surface area contributed by atoms with E-state index in [0.717, 1.165) is 17.5 Å². The van der Waals surface area contributed by atoms with Crippen molar-refractivity contribution < 1.29 is 0 Å². The zero-order valence-corrected chi connectivity index (χ0v) is 8.68. The number of rotatable bonds is 2. The lowest BCUT2D eigenvalue weighted by atomic mass is 10.2. The SMILES string of the molecule is ClC1=CCN(Cc2ccccc2)S1. The highest BCUT2D eigenvalue weighted by atomic mass is 35.5. The number of halogens is 1. The van der Waals surface area contributed by atoms with Crippen LogP contribution in [0.15, 0.2) is 40.8 Å². The van der Waals surface area contributed by atoms with Gasteiger partial charge in [0.1, 0.15) is 0 Å². The zero-order valence-electron chi connectivity index (χ0n) is 7.11. The van der Waals surface area contributed by atoms with Crippen LogP contribution in [-0.4, -0.2) is 10.8 Å². The summed E-state index contributed by atoms with van der Waals surface area (Å²) in [5, 5.41) is 0. The minimum absolute atomic E-state index is 0.885. The molecule has 1 nitrogen and oxygen atoms in total. The van der Waals surface area contributed by atoms with E-state index in [-0.39, 0.29) is 0 Å². The molecule has 0 aliphatic carbocycles. The summed E-state index contributed by atoms with van der Waals surface area (Å²) in [4.78, 5) is 0. The molecule has 0 bridgehead atoms. The molecule has 3 heteroatoms. The molecule has 1 aliphatic rings. The molecule has 1 aliphatic heterocycles. The fourth-order valence-corrected chi connectivity index (χ4v) is 2.38. The first-order chi connectivity index (χ1) is 6.34. The quantitative estimate of drug-likeness (QED) is 0.691. The summed E-state index contributed by atoms with van der Waals surface area (Å²) in [6.45, 7) is 1.90. The van der Waals surface area contributed by atoms with Gasteiger partial charge in [-0.2, -0.15) is 0 Å². The van der Waals surface area contributed by atoms with Crippen molar-refractivity contribution in [1.29, 1.82) is 0 Å². The van der Waals surface area contributed by atoms with Crippen LogP contribution in [-0.2, 0) is 6.54 Å². The number of nitrogens with zero attached hydrogens (tertiary/aromatic N) is 1. The summed E-state index contributed by atoms with van der Waals surface area (Å²) in [7, 11) is 0. The Bertz CT molecular complexity index is 310. The maximum atomic E-state index is 5.86. The van der Waals surface area contributed by atoms with Gasteiger partial charge in [-0.15, -0.1) is 0 Å². The van der Waals surface area contributed by atoms with Crippen LogP contribution in [0.4, 0.5) is 0 Å². The molecule has 68 valence electrons. The van der Waals surface area contributed by atoms with Gasteiger partial charge in [0, 0.05) is 13.1 Å². The topological polar surface area (TPSA) is 3.24 Å². The van der Waals surface area contributed by atoms with Crippen LogP contribution in [0.25, 0.3) is 0 Å². The Balaban J connectivity index is 1.94. The van der Waals surface area contributed by atoms with Crippen LogP contribution >= 0.6 is 23.5 Å². The van der Waals surface area contributed by atoms with Gasteiger partial charge in [0.15, 0.2) is 0 Å². The first kappa shape index (κ1) is 9.13. The number of hydrogen-bond acceptors (Lipinski definition) is 2. The highest BCUT2D eigenvalue weighted by Crippen LogP contribution is 2.31. The molecule has 0 aromatic heterocycles. The van der Waals surface area contributed by atoms with E-state index in [9.17, 15) is 0 Å². The first-order valence-electron chi connectivity index (χ1n) is 4.17. The molecule has 1 aromatic carbocycles. The molecule has 1 heterocycles. The van der Waals surface area contributed by atoms with Crippen LogP contribution in [0.3, 0.4) is 0 Å². The van der Waals surface area contributed by atoms with Crippen molar-refractivity contribution in [2.75, 3.05) is 6.54 Å². The lowest BCUT2D eigenvalue weighted by Gasteiger charge is -2.12. The lowest BCUT2D eigenvalue weighted by Crippen LogP contribution is -2.10. The second kappa shape index (κ2) is 4.18. The van der Waals surface area contributed by atoms with Gasteiger partial charge in [0.05, 0.1) is 4.36 Å². The Kier molecular flexibility index (Phi) is 2.94. The van der Waals surface area contributed by atoms with Gasteiger partial charge in [-0.05, 0) is 23.6 Å². The zero-order chi connectivity index (χ0) is 9.10. The van der Waals surface area contributed by atoms with Crippen LogP contribution < -0.4 is 0 Å². The average Bonchev–Trinajstić information content (AvgIpc) is 2.53. The van der Waals surface area contributed by atoms with Crippen molar-refractivity contribution in [1.82, 2.24) is 4.31 Å². The normalized spacial score (nSPS) is 17.5. The maximum Gasteiger partial charge on any atom is 0.0862 e. The largest absolute Gasteiger partial charge is 0.237 e. The Labute approximate surface area is 87.5 Å². The Morgan fingerprint density at radius 1 is 1.31 bits per heavy atom. The molecule has 0 N–H and O–H groups in total. The predicted molar refractivity (Wildman–Crippen MR) is 58.4 cm³/mol. The molecule has 1 aromatic rings. The minimum atomic E-state index is 0.885. The summed E-state index contributed by atoms with van der Waals surface area (Å²) in [5.41, 5.74) is 1.33. The highest BCUT2D eigenvalue weighted by molar-refractivity contribution is 8.02.